The van der Waals surface area contributed by atoms with Crippen LogP contribution in [-0.2, 0) is 0 Å². The number of anilines is 1. The topological polar surface area (TPSA) is 52.5 Å². The van der Waals surface area contributed by atoms with E-state index in [0.717, 1.165) is 16.8 Å². The number of hydrogen-bond donors (Lipinski definition) is 3. The van der Waals surface area contributed by atoms with Crippen molar-refractivity contribution in [1.29, 1.82) is 0 Å². The molecule has 0 heterocycles. The van der Waals surface area contributed by atoms with Gasteiger partial charge < -0.3 is 15.5 Å². The fourth-order valence-electron chi connectivity index (χ4n) is 1.91. The molecule has 3 N–H and O–H groups in total. The first kappa shape index (κ1) is 12.3. The van der Waals surface area contributed by atoms with Gasteiger partial charge in [0.1, 0.15) is 11.5 Å². The predicted octanol–water partition coefficient (Wildman–Crippen LogP) is 3.58. The molecule has 94 valence electrons. The average molecular weight is 243 g/mol. The molecule has 0 saturated heterocycles. The third-order valence-electron chi connectivity index (χ3n) is 2.90. The van der Waals surface area contributed by atoms with E-state index in [1.54, 1.807) is 30.3 Å². The quantitative estimate of drug-likeness (QED) is 0.722. The highest BCUT2D eigenvalue weighted by Gasteiger charge is 2.10. The molecule has 0 aliphatic rings. The van der Waals surface area contributed by atoms with E-state index in [4.69, 9.17) is 0 Å². The van der Waals surface area contributed by atoms with E-state index in [0.29, 0.717) is 5.75 Å². The molecule has 0 amide bonds. The van der Waals surface area contributed by atoms with Gasteiger partial charge in [-0.3, -0.25) is 0 Å². The fraction of sp³-hybridized carbons (Fsp3) is 0.200. The summed E-state index contributed by atoms with van der Waals surface area (Å²) in [6.07, 6.45) is 0. The Bertz CT molecular complexity index is 535. The average Bonchev–Trinajstić information content (AvgIpc) is 2.35. The van der Waals surface area contributed by atoms with Crippen LogP contribution in [-0.4, -0.2) is 10.2 Å². The fourth-order valence-corrected chi connectivity index (χ4v) is 1.91. The van der Waals surface area contributed by atoms with E-state index < -0.39 is 0 Å². The largest absolute Gasteiger partial charge is 0.508 e. The van der Waals surface area contributed by atoms with Gasteiger partial charge in [-0.05, 0) is 44.2 Å². The number of aryl methyl sites for hydroxylation is 1. The Kier molecular flexibility index (Phi) is 3.42. The summed E-state index contributed by atoms with van der Waals surface area (Å²) < 4.78 is 0. The Morgan fingerprint density at radius 2 is 1.67 bits per heavy atom. The number of aromatic hydroxyl groups is 2. The highest BCUT2D eigenvalue weighted by Crippen LogP contribution is 2.28. The molecule has 0 spiro atoms. The normalized spacial score (nSPS) is 12.1. The molecule has 0 aliphatic heterocycles. The van der Waals surface area contributed by atoms with Crippen LogP contribution in [0.15, 0.2) is 42.5 Å². The smallest absolute Gasteiger partial charge is 0.120 e. The van der Waals surface area contributed by atoms with Crippen LogP contribution in [0.5, 0.6) is 11.5 Å². The van der Waals surface area contributed by atoms with Gasteiger partial charge in [0.2, 0.25) is 0 Å². The number of hydrogen-bond acceptors (Lipinski definition) is 3. The molecule has 0 saturated carbocycles. The van der Waals surface area contributed by atoms with Crippen molar-refractivity contribution in [3.8, 4) is 11.5 Å². The Morgan fingerprint density at radius 3 is 2.33 bits per heavy atom. The maximum absolute atomic E-state index is 9.85. The lowest BCUT2D eigenvalue weighted by Crippen LogP contribution is -2.06. The number of phenols is 2. The lowest BCUT2D eigenvalue weighted by molar-refractivity contribution is 0.465. The molecular formula is C15H17NO2. The number of rotatable bonds is 3. The summed E-state index contributed by atoms with van der Waals surface area (Å²) in [4.78, 5) is 0. The molecule has 1 atom stereocenters. The van der Waals surface area contributed by atoms with Crippen molar-refractivity contribution in [2.45, 2.75) is 19.9 Å². The standard InChI is InChI=1S/C15H17NO2/c1-10-3-8-15(18)14(9-10)11(2)16-12-4-6-13(17)7-5-12/h3-9,11,16-18H,1-2H3. The van der Waals surface area contributed by atoms with Crippen molar-refractivity contribution in [3.05, 3.63) is 53.6 Å². The Labute approximate surface area is 107 Å². The van der Waals surface area contributed by atoms with Gasteiger partial charge in [0.05, 0.1) is 6.04 Å². The van der Waals surface area contributed by atoms with E-state index in [2.05, 4.69) is 5.32 Å². The van der Waals surface area contributed by atoms with Gasteiger partial charge >= 0.3 is 0 Å². The first-order valence-corrected chi connectivity index (χ1v) is 5.91. The minimum Gasteiger partial charge on any atom is -0.508 e. The van der Waals surface area contributed by atoms with Crippen LogP contribution in [0.1, 0.15) is 24.1 Å². The lowest BCUT2D eigenvalue weighted by Gasteiger charge is -2.17. The van der Waals surface area contributed by atoms with Gasteiger partial charge in [0, 0.05) is 11.3 Å². The minimum absolute atomic E-state index is 0.00515. The van der Waals surface area contributed by atoms with Crippen LogP contribution in [0.25, 0.3) is 0 Å². The molecule has 0 aromatic heterocycles. The van der Waals surface area contributed by atoms with E-state index in [9.17, 15) is 10.2 Å². The van der Waals surface area contributed by atoms with Crippen molar-refractivity contribution >= 4 is 5.69 Å². The summed E-state index contributed by atoms with van der Waals surface area (Å²) in [7, 11) is 0. The molecule has 3 nitrogen and oxygen atoms in total. The van der Waals surface area contributed by atoms with Gasteiger partial charge in [-0.25, -0.2) is 0 Å². The van der Waals surface area contributed by atoms with Crippen molar-refractivity contribution < 1.29 is 10.2 Å². The first-order valence-electron chi connectivity index (χ1n) is 5.91. The maximum atomic E-state index is 9.85. The zero-order chi connectivity index (χ0) is 13.1. The van der Waals surface area contributed by atoms with E-state index in [1.807, 2.05) is 26.0 Å². The van der Waals surface area contributed by atoms with Crippen molar-refractivity contribution in [3.63, 3.8) is 0 Å². The van der Waals surface area contributed by atoms with E-state index >= 15 is 0 Å². The highest BCUT2D eigenvalue weighted by molar-refractivity contribution is 5.49. The summed E-state index contributed by atoms with van der Waals surface area (Å²) >= 11 is 0. The molecule has 0 fully saturated rings. The molecule has 2 rings (SSSR count). The third kappa shape index (κ3) is 2.74. The maximum Gasteiger partial charge on any atom is 0.120 e. The van der Waals surface area contributed by atoms with Crippen LogP contribution < -0.4 is 5.32 Å². The van der Waals surface area contributed by atoms with Gasteiger partial charge in [-0.15, -0.1) is 0 Å². The van der Waals surface area contributed by atoms with Crippen molar-refractivity contribution in [2.75, 3.05) is 5.32 Å². The third-order valence-corrected chi connectivity index (χ3v) is 2.90. The summed E-state index contributed by atoms with van der Waals surface area (Å²) in [5.74, 6) is 0.533. The van der Waals surface area contributed by atoms with E-state index in [-0.39, 0.29) is 11.8 Å². The van der Waals surface area contributed by atoms with Gasteiger partial charge in [0.25, 0.3) is 0 Å². The summed E-state index contributed by atoms with van der Waals surface area (Å²) in [5.41, 5.74) is 2.88. The SMILES string of the molecule is Cc1ccc(O)c(C(C)Nc2ccc(O)cc2)c1. The van der Waals surface area contributed by atoms with Crippen LogP contribution in [0.2, 0.25) is 0 Å². The zero-order valence-corrected chi connectivity index (χ0v) is 10.5. The molecule has 0 radical (unpaired) electrons. The zero-order valence-electron chi connectivity index (χ0n) is 10.5. The van der Waals surface area contributed by atoms with Crippen LogP contribution in [0.4, 0.5) is 5.69 Å². The van der Waals surface area contributed by atoms with Crippen molar-refractivity contribution in [1.82, 2.24) is 0 Å². The van der Waals surface area contributed by atoms with Gasteiger partial charge in [-0.1, -0.05) is 17.7 Å². The molecule has 0 bridgehead atoms. The molecule has 3 heteroatoms. The molecule has 18 heavy (non-hydrogen) atoms. The Hall–Kier alpha value is -2.16. The van der Waals surface area contributed by atoms with E-state index in [1.165, 1.54) is 0 Å². The minimum atomic E-state index is -0.00515. The van der Waals surface area contributed by atoms with Crippen LogP contribution >= 0.6 is 0 Å². The molecule has 0 aliphatic carbocycles. The highest BCUT2D eigenvalue weighted by atomic mass is 16.3. The monoisotopic (exact) mass is 243 g/mol. The summed E-state index contributed by atoms with van der Waals surface area (Å²) in [6, 6.07) is 12.4. The second-order valence-corrected chi connectivity index (χ2v) is 4.48. The number of benzene rings is 2. The number of phenolic OH excluding ortho intramolecular Hbond substituents is 2. The summed E-state index contributed by atoms with van der Waals surface area (Å²) in [5, 5.41) is 22.4. The second-order valence-electron chi connectivity index (χ2n) is 4.48. The van der Waals surface area contributed by atoms with Gasteiger partial charge in [-0.2, -0.15) is 0 Å². The molecule has 2 aromatic rings. The molecule has 2 aromatic carbocycles. The summed E-state index contributed by atoms with van der Waals surface area (Å²) in [6.45, 7) is 3.98. The van der Waals surface area contributed by atoms with Crippen molar-refractivity contribution in [2.24, 2.45) is 0 Å². The number of nitrogens with one attached hydrogen (secondary N) is 1. The first-order chi connectivity index (χ1) is 8.56. The molecular weight excluding hydrogens is 226 g/mol. The lowest BCUT2D eigenvalue weighted by atomic mass is 10.0. The van der Waals surface area contributed by atoms with Gasteiger partial charge in [0.15, 0.2) is 0 Å². The predicted molar refractivity (Wildman–Crippen MR) is 73.0 cm³/mol. The Morgan fingerprint density at radius 1 is 1.00 bits per heavy atom. The Balaban J connectivity index is 2.18. The van der Waals surface area contributed by atoms with Crippen LogP contribution in [0.3, 0.4) is 0 Å². The van der Waals surface area contributed by atoms with Crippen LogP contribution in [0, 0.1) is 6.92 Å². The molecule has 1 unspecified atom stereocenters. The second kappa shape index (κ2) is 5.00.